The first-order valence-corrected chi connectivity index (χ1v) is 8.14. The SMILES string of the molecule is CCN(Cc1ccc2c(c1)OCO2)C(=O)C(N)Cc1ccccc1.Cl. The van der Waals surface area contributed by atoms with Crippen molar-refractivity contribution in [3.8, 4) is 11.5 Å². The van der Waals surface area contributed by atoms with E-state index >= 15 is 0 Å². The monoisotopic (exact) mass is 362 g/mol. The molecule has 0 aliphatic carbocycles. The lowest BCUT2D eigenvalue weighted by Crippen LogP contribution is -2.44. The maximum atomic E-state index is 12.7. The normalized spacial score (nSPS) is 13.0. The van der Waals surface area contributed by atoms with Crippen molar-refractivity contribution in [3.05, 3.63) is 59.7 Å². The molecule has 0 saturated heterocycles. The quantitative estimate of drug-likeness (QED) is 0.858. The molecule has 1 aliphatic rings. The minimum Gasteiger partial charge on any atom is -0.454 e. The van der Waals surface area contributed by atoms with Crippen LogP contribution in [0.3, 0.4) is 0 Å². The van der Waals surface area contributed by atoms with Gasteiger partial charge in [0, 0.05) is 13.1 Å². The highest BCUT2D eigenvalue weighted by atomic mass is 35.5. The number of nitrogens with two attached hydrogens (primary N) is 1. The third kappa shape index (κ3) is 4.65. The number of amides is 1. The molecule has 3 rings (SSSR count). The number of ether oxygens (including phenoxy) is 2. The van der Waals surface area contributed by atoms with Gasteiger partial charge in [0.1, 0.15) is 0 Å². The zero-order valence-corrected chi connectivity index (χ0v) is 15.0. The molecule has 0 saturated carbocycles. The summed E-state index contributed by atoms with van der Waals surface area (Å²) in [5.74, 6) is 1.43. The first kappa shape index (κ1) is 19.1. The molecule has 2 aromatic carbocycles. The van der Waals surface area contributed by atoms with E-state index in [4.69, 9.17) is 15.2 Å². The number of rotatable bonds is 6. The number of benzene rings is 2. The number of carbonyl (C=O) groups is 1. The average molecular weight is 363 g/mol. The van der Waals surface area contributed by atoms with Crippen molar-refractivity contribution < 1.29 is 14.3 Å². The Balaban J connectivity index is 0.00000225. The lowest BCUT2D eigenvalue weighted by atomic mass is 10.1. The van der Waals surface area contributed by atoms with E-state index in [0.29, 0.717) is 19.5 Å². The number of halogens is 1. The Bertz CT molecular complexity index is 709. The van der Waals surface area contributed by atoms with Gasteiger partial charge in [-0.2, -0.15) is 0 Å². The first-order valence-electron chi connectivity index (χ1n) is 8.14. The van der Waals surface area contributed by atoms with Gasteiger partial charge in [0.2, 0.25) is 12.7 Å². The van der Waals surface area contributed by atoms with E-state index in [1.165, 1.54) is 0 Å². The van der Waals surface area contributed by atoms with Crippen LogP contribution in [0.2, 0.25) is 0 Å². The molecule has 1 aliphatic heterocycles. The second-order valence-corrected chi connectivity index (χ2v) is 5.84. The number of likely N-dealkylation sites (N-methyl/N-ethyl adjacent to an activating group) is 1. The molecule has 2 N–H and O–H groups in total. The van der Waals surface area contributed by atoms with Crippen LogP contribution < -0.4 is 15.2 Å². The number of fused-ring (bicyclic) bond motifs is 1. The topological polar surface area (TPSA) is 64.8 Å². The molecule has 0 aromatic heterocycles. The van der Waals surface area contributed by atoms with Gasteiger partial charge in [-0.25, -0.2) is 0 Å². The average Bonchev–Trinajstić information content (AvgIpc) is 3.07. The van der Waals surface area contributed by atoms with Crippen LogP contribution in [0, 0.1) is 0 Å². The third-order valence-corrected chi connectivity index (χ3v) is 4.12. The van der Waals surface area contributed by atoms with Gasteiger partial charge in [0.05, 0.1) is 6.04 Å². The lowest BCUT2D eigenvalue weighted by Gasteiger charge is -2.24. The standard InChI is InChI=1S/C19H22N2O3.ClH/c1-2-21(12-15-8-9-17-18(11-15)24-13-23-17)19(22)16(20)10-14-6-4-3-5-7-14;/h3-9,11,16H,2,10,12-13,20H2,1H3;1H. The molecule has 1 heterocycles. The summed E-state index contributed by atoms with van der Waals surface area (Å²) in [6, 6.07) is 15.0. The Hall–Kier alpha value is -2.24. The molecule has 0 bridgehead atoms. The van der Waals surface area contributed by atoms with Crippen molar-refractivity contribution in [2.45, 2.75) is 25.9 Å². The molecule has 0 fully saturated rings. The fourth-order valence-corrected chi connectivity index (χ4v) is 2.80. The van der Waals surface area contributed by atoms with Crippen molar-refractivity contribution in [2.75, 3.05) is 13.3 Å². The summed E-state index contributed by atoms with van der Waals surface area (Å²) < 4.78 is 10.7. The van der Waals surface area contributed by atoms with E-state index in [1.807, 2.05) is 55.5 Å². The summed E-state index contributed by atoms with van der Waals surface area (Å²) >= 11 is 0. The molecule has 1 unspecified atom stereocenters. The molecule has 5 nitrogen and oxygen atoms in total. The van der Waals surface area contributed by atoms with Gasteiger partial charge >= 0.3 is 0 Å². The Labute approximate surface area is 154 Å². The molecular formula is C19H23ClN2O3. The van der Waals surface area contributed by atoms with Gasteiger partial charge in [0.15, 0.2) is 11.5 Å². The van der Waals surface area contributed by atoms with Crippen molar-refractivity contribution in [2.24, 2.45) is 5.73 Å². The Morgan fingerprint density at radius 1 is 1.12 bits per heavy atom. The smallest absolute Gasteiger partial charge is 0.240 e. The fraction of sp³-hybridized carbons (Fsp3) is 0.316. The predicted molar refractivity (Wildman–Crippen MR) is 99.0 cm³/mol. The molecule has 1 atom stereocenters. The second-order valence-electron chi connectivity index (χ2n) is 5.84. The minimum atomic E-state index is -0.540. The van der Waals surface area contributed by atoms with E-state index in [-0.39, 0.29) is 25.1 Å². The summed E-state index contributed by atoms with van der Waals surface area (Å²) in [7, 11) is 0. The largest absolute Gasteiger partial charge is 0.454 e. The molecule has 0 spiro atoms. The summed E-state index contributed by atoms with van der Waals surface area (Å²) in [6.45, 7) is 3.32. The van der Waals surface area contributed by atoms with Crippen LogP contribution in [0.15, 0.2) is 48.5 Å². The number of hydrogen-bond donors (Lipinski definition) is 1. The molecule has 0 radical (unpaired) electrons. The Morgan fingerprint density at radius 2 is 1.84 bits per heavy atom. The van der Waals surface area contributed by atoms with Crippen molar-refractivity contribution in [1.29, 1.82) is 0 Å². The number of nitrogens with zero attached hydrogens (tertiary/aromatic N) is 1. The van der Waals surface area contributed by atoms with Gasteiger partial charge in [0.25, 0.3) is 0 Å². The maximum Gasteiger partial charge on any atom is 0.240 e. The van der Waals surface area contributed by atoms with Gasteiger partial charge in [-0.15, -0.1) is 12.4 Å². The number of carbonyl (C=O) groups excluding carboxylic acids is 1. The van der Waals surface area contributed by atoms with E-state index < -0.39 is 6.04 Å². The minimum absolute atomic E-state index is 0. The zero-order chi connectivity index (χ0) is 16.9. The van der Waals surface area contributed by atoms with Crippen molar-refractivity contribution in [1.82, 2.24) is 4.90 Å². The van der Waals surface area contributed by atoms with Gasteiger partial charge in [-0.3, -0.25) is 4.79 Å². The highest BCUT2D eigenvalue weighted by Gasteiger charge is 2.21. The fourth-order valence-electron chi connectivity index (χ4n) is 2.80. The van der Waals surface area contributed by atoms with Gasteiger partial charge in [-0.05, 0) is 36.6 Å². The molecule has 134 valence electrons. The van der Waals surface area contributed by atoms with Crippen LogP contribution in [0.1, 0.15) is 18.1 Å². The molecule has 25 heavy (non-hydrogen) atoms. The molecule has 1 amide bonds. The zero-order valence-electron chi connectivity index (χ0n) is 14.2. The van der Waals surface area contributed by atoms with Gasteiger partial charge in [-0.1, -0.05) is 36.4 Å². The summed E-state index contributed by atoms with van der Waals surface area (Å²) in [5, 5.41) is 0. The van der Waals surface area contributed by atoms with Crippen LogP contribution in [0.25, 0.3) is 0 Å². The van der Waals surface area contributed by atoms with E-state index in [9.17, 15) is 4.79 Å². The summed E-state index contributed by atoms with van der Waals surface area (Å²) in [6.07, 6.45) is 0.539. The lowest BCUT2D eigenvalue weighted by molar-refractivity contribution is -0.133. The molecule has 2 aromatic rings. The third-order valence-electron chi connectivity index (χ3n) is 4.12. The first-order chi connectivity index (χ1) is 11.7. The Morgan fingerprint density at radius 3 is 2.56 bits per heavy atom. The maximum absolute atomic E-state index is 12.7. The van der Waals surface area contributed by atoms with Crippen molar-refractivity contribution in [3.63, 3.8) is 0 Å². The van der Waals surface area contributed by atoms with E-state index in [1.54, 1.807) is 4.90 Å². The van der Waals surface area contributed by atoms with Crippen LogP contribution >= 0.6 is 12.4 Å². The van der Waals surface area contributed by atoms with Crippen LogP contribution in [0.5, 0.6) is 11.5 Å². The predicted octanol–water partition coefficient (Wildman–Crippen LogP) is 2.76. The summed E-state index contributed by atoms with van der Waals surface area (Å²) in [4.78, 5) is 14.4. The Kier molecular flexibility index (Phi) is 6.67. The molecule has 6 heteroatoms. The molecular weight excluding hydrogens is 340 g/mol. The van der Waals surface area contributed by atoms with E-state index in [0.717, 1.165) is 22.6 Å². The highest BCUT2D eigenvalue weighted by Crippen LogP contribution is 2.32. The van der Waals surface area contributed by atoms with Crippen molar-refractivity contribution >= 4 is 18.3 Å². The van der Waals surface area contributed by atoms with Crippen LogP contribution in [-0.4, -0.2) is 30.2 Å². The van der Waals surface area contributed by atoms with Gasteiger partial charge < -0.3 is 20.1 Å². The van der Waals surface area contributed by atoms with E-state index in [2.05, 4.69) is 0 Å². The van der Waals surface area contributed by atoms with Crippen LogP contribution in [0.4, 0.5) is 0 Å². The number of hydrogen-bond acceptors (Lipinski definition) is 4. The van der Waals surface area contributed by atoms with Crippen LogP contribution in [-0.2, 0) is 17.8 Å². The highest BCUT2D eigenvalue weighted by molar-refractivity contribution is 5.85. The second kappa shape index (κ2) is 8.74. The summed E-state index contributed by atoms with van der Waals surface area (Å²) in [5.41, 5.74) is 8.20.